The van der Waals surface area contributed by atoms with Gasteiger partial charge in [0, 0.05) is 5.92 Å². The molecule has 2 saturated carbocycles. The average molecular weight is 357 g/mol. The first-order valence-corrected chi connectivity index (χ1v) is 10.3. The van der Waals surface area contributed by atoms with Gasteiger partial charge in [-0.1, -0.05) is 24.8 Å². The van der Waals surface area contributed by atoms with Crippen LogP contribution in [0.3, 0.4) is 0 Å². The largest absolute Gasteiger partial charge is 0.494 e. The number of carbonyl (C=O) groups is 1. The summed E-state index contributed by atoms with van der Waals surface area (Å²) in [5.41, 5.74) is 0.688. The molecular formula is C23H32O3. The van der Waals surface area contributed by atoms with Gasteiger partial charge in [0.25, 0.3) is 0 Å². The zero-order chi connectivity index (χ0) is 18.4. The van der Waals surface area contributed by atoms with Crippen LogP contribution < -0.4 is 0 Å². The Labute approximate surface area is 157 Å². The van der Waals surface area contributed by atoms with Crippen molar-refractivity contribution in [2.45, 2.75) is 71.1 Å². The highest BCUT2D eigenvalue weighted by Crippen LogP contribution is 2.50. The molecule has 3 aliphatic carbocycles. The molecule has 0 aromatic heterocycles. The Morgan fingerprint density at radius 3 is 2.62 bits per heavy atom. The maximum atomic E-state index is 11.0. The molecule has 2 atom stereocenters. The molecule has 0 amide bonds. The van der Waals surface area contributed by atoms with Crippen LogP contribution >= 0.6 is 0 Å². The number of carboxylic acid groups (broad SMARTS) is 1. The van der Waals surface area contributed by atoms with Crippen molar-refractivity contribution in [1.82, 2.24) is 0 Å². The quantitative estimate of drug-likeness (QED) is 0.655. The van der Waals surface area contributed by atoms with Crippen LogP contribution in [0.15, 0.2) is 24.0 Å². The summed E-state index contributed by atoms with van der Waals surface area (Å²) < 4.78 is 6.06. The second-order valence-electron chi connectivity index (χ2n) is 8.43. The van der Waals surface area contributed by atoms with Gasteiger partial charge in [-0.15, -0.1) is 5.92 Å². The van der Waals surface area contributed by atoms with Gasteiger partial charge in [0.05, 0.1) is 13.0 Å². The van der Waals surface area contributed by atoms with E-state index in [0.717, 1.165) is 18.8 Å². The Balaban J connectivity index is 1.43. The highest BCUT2D eigenvalue weighted by molar-refractivity contribution is 5.67. The maximum absolute atomic E-state index is 11.0. The monoisotopic (exact) mass is 356 g/mol. The predicted octanol–water partition coefficient (Wildman–Crippen LogP) is 5.33. The number of allylic oxidation sites excluding steroid dienone is 3. The average Bonchev–Trinajstić information content (AvgIpc) is 3.09. The number of carboxylic acids is 1. The van der Waals surface area contributed by atoms with E-state index in [1.54, 1.807) is 6.92 Å². The lowest BCUT2D eigenvalue weighted by molar-refractivity contribution is -0.137. The van der Waals surface area contributed by atoms with Crippen LogP contribution in [0, 0.1) is 35.0 Å². The van der Waals surface area contributed by atoms with Crippen molar-refractivity contribution < 1.29 is 14.6 Å². The molecule has 2 fully saturated rings. The third-order valence-electron chi connectivity index (χ3n) is 6.66. The molecule has 0 aliphatic heterocycles. The lowest BCUT2D eigenvalue weighted by Gasteiger charge is -2.37. The second kappa shape index (κ2) is 8.80. The number of aliphatic carboxylic acids is 1. The van der Waals surface area contributed by atoms with Crippen molar-refractivity contribution in [1.29, 1.82) is 0 Å². The van der Waals surface area contributed by atoms with Gasteiger partial charge < -0.3 is 9.84 Å². The fraction of sp³-hybridized carbons (Fsp3) is 0.696. The first-order chi connectivity index (χ1) is 12.6. The van der Waals surface area contributed by atoms with E-state index in [1.165, 1.54) is 51.4 Å². The van der Waals surface area contributed by atoms with Crippen LogP contribution in [0.25, 0.3) is 0 Å². The van der Waals surface area contributed by atoms with Crippen molar-refractivity contribution >= 4 is 5.97 Å². The number of ether oxygens (including phenoxy) is 1. The highest BCUT2D eigenvalue weighted by atomic mass is 16.5. The Bertz CT molecular complexity index is 603. The van der Waals surface area contributed by atoms with Gasteiger partial charge in [-0.2, -0.15) is 0 Å². The van der Waals surface area contributed by atoms with E-state index in [4.69, 9.17) is 9.84 Å². The van der Waals surface area contributed by atoms with Crippen molar-refractivity contribution in [2.75, 3.05) is 6.61 Å². The third kappa shape index (κ3) is 4.93. The second-order valence-corrected chi connectivity index (χ2v) is 8.43. The van der Waals surface area contributed by atoms with Crippen molar-refractivity contribution in [3.63, 3.8) is 0 Å². The molecule has 142 valence electrons. The van der Waals surface area contributed by atoms with E-state index in [0.29, 0.717) is 11.3 Å². The fourth-order valence-electron chi connectivity index (χ4n) is 5.00. The maximum Gasteiger partial charge on any atom is 0.304 e. The van der Waals surface area contributed by atoms with Crippen molar-refractivity contribution in [3.8, 4) is 11.8 Å². The number of hydrogen-bond donors (Lipinski definition) is 1. The fourth-order valence-corrected chi connectivity index (χ4v) is 5.00. The SMILES string of the molecule is CC#C[C@@H](CC(=O)O)C1C=CC(OCC2CCC3(CCCC3)CC2)=CC1. The van der Waals surface area contributed by atoms with E-state index >= 15 is 0 Å². The molecular weight excluding hydrogens is 324 g/mol. The van der Waals surface area contributed by atoms with E-state index in [9.17, 15) is 4.79 Å². The van der Waals surface area contributed by atoms with Crippen LogP contribution in [0.4, 0.5) is 0 Å². The van der Waals surface area contributed by atoms with Crippen LogP contribution in [-0.2, 0) is 9.53 Å². The minimum atomic E-state index is -0.783. The molecule has 26 heavy (non-hydrogen) atoms. The Morgan fingerprint density at radius 2 is 2.04 bits per heavy atom. The van der Waals surface area contributed by atoms with Crippen molar-refractivity contribution in [3.05, 3.63) is 24.0 Å². The smallest absolute Gasteiger partial charge is 0.304 e. The molecule has 0 saturated heterocycles. The minimum absolute atomic E-state index is 0.101. The highest BCUT2D eigenvalue weighted by Gasteiger charge is 2.37. The van der Waals surface area contributed by atoms with E-state index in [-0.39, 0.29) is 18.3 Å². The zero-order valence-electron chi connectivity index (χ0n) is 16.0. The molecule has 0 aromatic carbocycles. The molecule has 1 N–H and O–H groups in total. The number of hydrogen-bond acceptors (Lipinski definition) is 2. The van der Waals surface area contributed by atoms with Gasteiger partial charge in [0.15, 0.2) is 0 Å². The van der Waals surface area contributed by atoms with E-state index in [1.807, 2.05) is 6.08 Å². The summed E-state index contributed by atoms with van der Waals surface area (Å²) in [5, 5.41) is 9.07. The molecule has 0 radical (unpaired) electrons. The lowest BCUT2D eigenvalue weighted by Crippen LogP contribution is -2.26. The minimum Gasteiger partial charge on any atom is -0.494 e. The summed E-state index contributed by atoms with van der Waals surface area (Å²) in [6.45, 7) is 2.59. The summed E-state index contributed by atoms with van der Waals surface area (Å²) >= 11 is 0. The first-order valence-electron chi connectivity index (χ1n) is 10.3. The van der Waals surface area contributed by atoms with Gasteiger partial charge in [0.1, 0.15) is 5.76 Å². The molecule has 0 aromatic rings. The molecule has 0 bridgehead atoms. The molecule has 0 heterocycles. The summed E-state index contributed by atoms with van der Waals surface area (Å²) in [7, 11) is 0. The lowest BCUT2D eigenvalue weighted by atomic mass is 9.69. The topological polar surface area (TPSA) is 46.5 Å². The first kappa shape index (κ1) is 19.1. The molecule has 3 nitrogen and oxygen atoms in total. The summed E-state index contributed by atoms with van der Waals surface area (Å²) in [6, 6.07) is 0. The van der Waals surface area contributed by atoms with Gasteiger partial charge in [-0.25, -0.2) is 0 Å². The van der Waals surface area contributed by atoms with Crippen LogP contribution in [0.2, 0.25) is 0 Å². The molecule has 3 rings (SSSR count). The summed E-state index contributed by atoms with van der Waals surface area (Å²) in [4.78, 5) is 11.0. The Hall–Kier alpha value is -1.69. The third-order valence-corrected chi connectivity index (χ3v) is 6.66. The van der Waals surface area contributed by atoms with Crippen LogP contribution in [-0.4, -0.2) is 17.7 Å². The van der Waals surface area contributed by atoms with E-state index < -0.39 is 5.97 Å². The molecule has 1 unspecified atom stereocenters. The standard InChI is InChI=1S/C23H32O3/c1-2-5-20(16-22(24)25)19-6-8-21(9-7-19)26-17-18-10-14-23(15-11-18)12-3-4-13-23/h6,8-9,18-20H,3-4,7,10-17H2,1H3,(H,24,25)/t19?,20-/m0/s1. The van der Waals surface area contributed by atoms with Crippen LogP contribution in [0.1, 0.15) is 71.1 Å². The Morgan fingerprint density at radius 1 is 1.31 bits per heavy atom. The summed E-state index contributed by atoms with van der Waals surface area (Å²) in [6.07, 6.45) is 18.3. The predicted molar refractivity (Wildman–Crippen MR) is 103 cm³/mol. The molecule has 1 spiro atoms. The molecule has 3 heteroatoms. The molecule has 3 aliphatic rings. The van der Waals surface area contributed by atoms with Crippen molar-refractivity contribution in [2.24, 2.45) is 23.2 Å². The number of rotatable bonds is 6. The van der Waals surface area contributed by atoms with Gasteiger partial charge in [-0.05, 0) is 81.3 Å². The zero-order valence-corrected chi connectivity index (χ0v) is 16.0. The summed E-state index contributed by atoms with van der Waals surface area (Å²) in [5.74, 6) is 6.83. The van der Waals surface area contributed by atoms with E-state index in [2.05, 4.69) is 24.0 Å². The van der Waals surface area contributed by atoms with Gasteiger partial charge in [0.2, 0.25) is 0 Å². The van der Waals surface area contributed by atoms with Gasteiger partial charge in [-0.3, -0.25) is 4.79 Å². The normalized spacial score (nSPS) is 26.0. The van der Waals surface area contributed by atoms with Crippen LogP contribution in [0.5, 0.6) is 0 Å². The van der Waals surface area contributed by atoms with Gasteiger partial charge >= 0.3 is 5.97 Å². The Kier molecular flexibility index (Phi) is 6.46.